The smallest absolute Gasteiger partial charge is 0.414 e. The molecule has 0 aromatic heterocycles. The summed E-state index contributed by atoms with van der Waals surface area (Å²) in [6.45, 7) is 10.0. The van der Waals surface area contributed by atoms with Crippen molar-refractivity contribution in [1.82, 2.24) is 4.90 Å². The largest absolute Gasteiger partial charge is 0.497 e. The molecular weight excluding hydrogens is 354 g/mol. The lowest BCUT2D eigenvalue weighted by Gasteiger charge is -2.32. The first-order valence-electron chi connectivity index (χ1n) is 8.69. The number of aliphatic hydroxyl groups is 1. The fraction of sp³-hybridized carbons (Fsp3) is 0.579. The van der Waals surface area contributed by atoms with Crippen LogP contribution in [0.1, 0.15) is 33.3 Å². The number of carboxylic acids is 2. The number of carbonyl (C=O) groups is 2. The van der Waals surface area contributed by atoms with Crippen LogP contribution in [0.15, 0.2) is 24.3 Å². The topological polar surface area (TPSA) is 117 Å². The van der Waals surface area contributed by atoms with E-state index in [1.54, 1.807) is 7.11 Å². The van der Waals surface area contributed by atoms with Crippen LogP contribution < -0.4 is 4.74 Å². The van der Waals surface area contributed by atoms with Crippen LogP contribution in [0.2, 0.25) is 0 Å². The third-order valence-electron chi connectivity index (χ3n) is 3.64. The first kappa shape index (κ1) is 24.8. The molecule has 3 N–H and O–H groups in total. The quantitative estimate of drug-likeness (QED) is 0.552. The van der Waals surface area contributed by atoms with Crippen molar-refractivity contribution < 1.29 is 34.4 Å². The molecule has 0 bridgehead atoms. The maximum absolute atomic E-state index is 10.1. The predicted octanol–water partition coefficient (Wildman–Crippen LogP) is 1.85. The molecule has 0 heterocycles. The lowest BCUT2D eigenvalue weighted by molar-refractivity contribution is -0.159. The van der Waals surface area contributed by atoms with Gasteiger partial charge in [0.05, 0.1) is 26.4 Å². The summed E-state index contributed by atoms with van der Waals surface area (Å²) in [5, 5.41) is 24.9. The van der Waals surface area contributed by atoms with E-state index in [0.29, 0.717) is 31.8 Å². The third kappa shape index (κ3) is 11.2. The molecule has 8 nitrogen and oxygen atoms in total. The van der Waals surface area contributed by atoms with Gasteiger partial charge in [-0.05, 0) is 45.4 Å². The van der Waals surface area contributed by atoms with Crippen molar-refractivity contribution in [3.63, 3.8) is 0 Å². The lowest BCUT2D eigenvalue weighted by atomic mass is 10.2. The predicted molar refractivity (Wildman–Crippen MR) is 101 cm³/mol. The molecule has 1 aromatic rings. The Kier molecular flexibility index (Phi) is 12.0. The van der Waals surface area contributed by atoms with Crippen molar-refractivity contribution in [2.45, 2.75) is 52.5 Å². The molecule has 154 valence electrons. The number of aliphatic hydroxyl groups excluding tert-OH is 1. The zero-order chi connectivity index (χ0) is 21.0. The monoisotopic (exact) mass is 385 g/mol. The van der Waals surface area contributed by atoms with Gasteiger partial charge in [0.25, 0.3) is 0 Å². The minimum atomic E-state index is -1.82. The van der Waals surface area contributed by atoms with Crippen molar-refractivity contribution in [2.75, 3.05) is 20.3 Å². The van der Waals surface area contributed by atoms with E-state index in [1.807, 2.05) is 24.3 Å². The Bertz CT molecular complexity index is 555. The first-order valence-corrected chi connectivity index (χ1v) is 8.69. The molecule has 0 saturated heterocycles. The van der Waals surface area contributed by atoms with Crippen LogP contribution >= 0.6 is 0 Å². The third-order valence-corrected chi connectivity index (χ3v) is 3.64. The highest BCUT2D eigenvalue weighted by Gasteiger charge is 2.17. The molecule has 8 heteroatoms. The number of methoxy groups -OCH3 is 1. The Morgan fingerprint density at radius 1 is 1.07 bits per heavy atom. The summed E-state index contributed by atoms with van der Waals surface area (Å²) in [4.78, 5) is 20.5. The SMILES string of the molecule is COc1cccc(COCC(O)CN(C(C)C)C(C)C)c1.O=C(O)C(=O)O. The molecule has 1 atom stereocenters. The molecule has 0 spiro atoms. The highest BCUT2D eigenvalue weighted by atomic mass is 16.5. The number of ether oxygens (including phenoxy) is 2. The number of carboxylic acid groups (broad SMARTS) is 2. The molecule has 0 amide bonds. The summed E-state index contributed by atoms with van der Waals surface area (Å²) in [6.07, 6.45) is -0.472. The summed E-state index contributed by atoms with van der Waals surface area (Å²) < 4.78 is 10.8. The molecule has 0 aliphatic rings. The van der Waals surface area contributed by atoms with E-state index in [4.69, 9.17) is 29.3 Å². The summed E-state index contributed by atoms with van der Waals surface area (Å²) in [5.41, 5.74) is 1.05. The van der Waals surface area contributed by atoms with Gasteiger partial charge in [0.1, 0.15) is 5.75 Å². The molecule has 1 aromatic carbocycles. The van der Waals surface area contributed by atoms with Gasteiger partial charge in [-0.3, -0.25) is 4.90 Å². The molecule has 1 rings (SSSR count). The van der Waals surface area contributed by atoms with E-state index in [0.717, 1.165) is 11.3 Å². The van der Waals surface area contributed by atoms with Gasteiger partial charge in [-0.15, -0.1) is 0 Å². The van der Waals surface area contributed by atoms with Crippen molar-refractivity contribution in [1.29, 1.82) is 0 Å². The van der Waals surface area contributed by atoms with Crippen LogP contribution in [-0.2, 0) is 20.9 Å². The number of rotatable bonds is 9. The number of hydrogen-bond donors (Lipinski definition) is 3. The maximum Gasteiger partial charge on any atom is 0.414 e. The zero-order valence-electron chi connectivity index (χ0n) is 16.6. The van der Waals surface area contributed by atoms with Gasteiger partial charge in [0.15, 0.2) is 0 Å². The summed E-state index contributed by atoms with van der Waals surface area (Å²) in [5.74, 6) is -2.83. The normalized spacial score (nSPS) is 11.9. The second-order valence-electron chi connectivity index (χ2n) is 6.52. The second-order valence-corrected chi connectivity index (χ2v) is 6.52. The maximum atomic E-state index is 10.1. The molecule has 0 fully saturated rings. The zero-order valence-corrected chi connectivity index (χ0v) is 16.6. The number of aliphatic carboxylic acids is 2. The highest BCUT2D eigenvalue weighted by Crippen LogP contribution is 2.13. The molecule has 0 aliphatic carbocycles. The Morgan fingerprint density at radius 3 is 2.07 bits per heavy atom. The summed E-state index contributed by atoms with van der Waals surface area (Å²) in [6, 6.07) is 8.61. The average Bonchev–Trinajstić information content (AvgIpc) is 2.59. The van der Waals surface area contributed by atoms with E-state index < -0.39 is 18.0 Å². The standard InChI is InChI=1S/C17H29NO3.C2H2O4/c1-13(2)18(14(3)4)10-16(19)12-21-11-15-7-6-8-17(9-15)20-5;3-1(4)2(5)6/h6-9,13-14,16,19H,10-12H2,1-5H3;(H,3,4)(H,5,6). The Morgan fingerprint density at radius 2 is 1.63 bits per heavy atom. The minimum absolute atomic E-state index is 0.340. The van der Waals surface area contributed by atoms with Crippen LogP contribution in [0.5, 0.6) is 5.75 Å². The Hall–Kier alpha value is -2.16. The van der Waals surface area contributed by atoms with Gasteiger partial charge in [-0.2, -0.15) is 0 Å². The van der Waals surface area contributed by atoms with E-state index >= 15 is 0 Å². The van der Waals surface area contributed by atoms with Crippen LogP contribution in [0.25, 0.3) is 0 Å². The van der Waals surface area contributed by atoms with E-state index in [2.05, 4.69) is 32.6 Å². The minimum Gasteiger partial charge on any atom is -0.497 e. The summed E-state index contributed by atoms with van der Waals surface area (Å²) in [7, 11) is 1.65. The van der Waals surface area contributed by atoms with Crippen LogP contribution in [0.4, 0.5) is 0 Å². The molecule has 0 aliphatic heterocycles. The van der Waals surface area contributed by atoms with E-state index in [9.17, 15) is 5.11 Å². The van der Waals surface area contributed by atoms with Gasteiger partial charge in [0, 0.05) is 18.6 Å². The van der Waals surface area contributed by atoms with Crippen LogP contribution in [0, 0.1) is 0 Å². The highest BCUT2D eigenvalue weighted by molar-refractivity contribution is 6.27. The van der Waals surface area contributed by atoms with Gasteiger partial charge in [-0.1, -0.05) is 12.1 Å². The lowest BCUT2D eigenvalue weighted by Crippen LogP contribution is -2.43. The Balaban J connectivity index is 0.000000972. The molecule has 0 saturated carbocycles. The fourth-order valence-corrected chi connectivity index (χ4v) is 2.39. The van der Waals surface area contributed by atoms with Crippen LogP contribution in [0.3, 0.4) is 0 Å². The first-order chi connectivity index (χ1) is 12.6. The second kappa shape index (κ2) is 13.1. The fourth-order valence-electron chi connectivity index (χ4n) is 2.39. The van der Waals surface area contributed by atoms with Crippen molar-refractivity contribution in [2.24, 2.45) is 0 Å². The molecule has 27 heavy (non-hydrogen) atoms. The molecule has 0 radical (unpaired) electrons. The number of hydrogen-bond acceptors (Lipinski definition) is 6. The summed E-state index contributed by atoms with van der Waals surface area (Å²) >= 11 is 0. The number of benzene rings is 1. The Labute approximate surface area is 160 Å². The van der Waals surface area contributed by atoms with Crippen molar-refractivity contribution in [3.8, 4) is 5.75 Å². The number of nitrogens with zero attached hydrogens (tertiary/aromatic N) is 1. The van der Waals surface area contributed by atoms with E-state index in [1.165, 1.54) is 0 Å². The van der Waals surface area contributed by atoms with Gasteiger partial charge < -0.3 is 24.8 Å². The van der Waals surface area contributed by atoms with Gasteiger partial charge in [-0.25, -0.2) is 9.59 Å². The molecule has 1 unspecified atom stereocenters. The van der Waals surface area contributed by atoms with E-state index in [-0.39, 0.29) is 0 Å². The van der Waals surface area contributed by atoms with Gasteiger partial charge in [0.2, 0.25) is 0 Å². The van der Waals surface area contributed by atoms with Crippen molar-refractivity contribution in [3.05, 3.63) is 29.8 Å². The average molecular weight is 385 g/mol. The molecular formula is C19H31NO7. The van der Waals surface area contributed by atoms with Crippen molar-refractivity contribution >= 4 is 11.9 Å². The van der Waals surface area contributed by atoms with Gasteiger partial charge >= 0.3 is 11.9 Å². The van der Waals surface area contributed by atoms with Crippen LogP contribution in [-0.4, -0.2) is 70.6 Å².